The highest BCUT2D eigenvalue weighted by atomic mass is 16.6. The Kier molecular flexibility index (Phi) is 15.7. The van der Waals surface area contributed by atoms with Crippen LogP contribution in [0, 0.1) is 10.8 Å². The summed E-state index contributed by atoms with van der Waals surface area (Å²) in [6.07, 6.45) is 0.142. The molecule has 57 heavy (non-hydrogen) atoms. The third kappa shape index (κ3) is 12.0. The molecule has 4 aliphatic rings. The second-order valence-electron chi connectivity index (χ2n) is 17.2. The molecule has 322 valence electrons. The van der Waals surface area contributed by atoms with Crippen LogP contribution in [0.1, 0.15) is 119 Å². The molecule has 0 aliphatic carbocycles. The van der Waals surface area contributed by atoms with Crippen molar-refractivity contribution in [1.29, 1.82) is 0 Å². The van der Waals surface area contributed by atoms with E-state index in [0.717, 1.165) is 6.42 Å². The molecule has 10 atom stereocenters. The van der Waals surface area contributed by atoms with Crippen LogP contribution in [0.15, 0.2) is 35.5 Å². The number of hydrogen-bond acceptors (Lipinski definition) is 15. The van der Waals surface area contributed by atoms with Crippen LogP contribution in [0.2, 0.25) is 0 Å². The summed E-state index contributed by atoms with van der Waals surface area (Å²) in [4.78, 5) is 51.1. The minimum atomic E-state index is -1.99. The average molecular weight is 809 g/mol. The first-order chi connectivity index (χ1) is 26.6. The van der Waals surface area contributed by atoms with Gasteiger partial charge in [-0.2, -0.15) is 0 Å². The molecule has 6 bridgehead atoms. The highest BCUT2D eigenvalue weighted by Gasteiger charge is 2.58. The quantitative estimate of drug-likeness (QED) is 0.124. The van der Waals surface area contributed by atoms with Gasteiger partial charge in [0.25, 0.3) is 0 Å². The van der Waals surface area contributed by atoms with E-state index in [1.807, 2.05) is 6.92 Å². The van der Waals surface area contributed by atoms with Crippen LogP contribution in [0.3, 0.4) is 0 Å². The normalized spacial score (nSPS) is 37.3. The van der Waals surface area contributed by atoms with E-state index in [4.69, 9.17) is 33.2 Å². The van der Waals surface area contributed by atoms with Gasteiger partial charge in [-0.05, 0) is 32.6 Å². The molecule has 4 aliphatic heterocycles. The average Bonchev–Trinajstić information content (AvgIpc) is 3.10. The Labute approximate surface area is 335 Å². The van der Waals surface area contributed by atoms with Crippen LogP contribution in [0.5, 0.6) is 0 Å². The molecule has 0 radical (unpaired) electrons. The van der Waals surface area contributed by atoms with Gasteiger partial charge in [0.15, 0.2) is 11.6 Å². The van der Waals surface area contributed by atoms with E-state index in [2.05, 4.69) is 0 Å². The van der Waals surface area contributed by atoms with Gasteiger partial charge in [0.1, 0.15) is 12.2 Å². The molecule has 0 aromatic carbocycles. The van der Waals surface area contributed by atoms with Gasteiger partial charge < -0.3 is 53.6 Å². The van der Waals surface area contributed by atoms with E-state index in [-0.39, 0.29) is 57.8 Å². The molecule has 0 aromatic heterocycles. The van der Waals surface area contributed by atoms with Crippen LogP contribution in [0.25, 0.3) is 0 Å². The van der Waals surface area contributed by atoms with Gasteiger partial charge in [-0.3, -0.25) is 9.59 Å². The fraction of sp³-hybridized carbons (Fsp3) is 0.762. The van der Waals surface area contributed by atoms with E-state index in [1.54, 1.807) is 39.8 Å². The first kappa shape index (κ1) is 46.5. The lowest BCUT2D eigenvalue weighted by Crippen LogP contribution is -2.62. The summed E-state index contributed by atoms with van der Waals surface area (Å²) in [6, 6.07) is 0. The van der Waals surface area contributed by atoms with Crippen molar-refractivity contribution in [2.75, 3.05) is 14.2 Å². The number of rotatable bonds is 7. The lowest BCUT2D eigenvalue weighted by Gasteiger charge is -2.53. The Balaban J connectivity index is 1.80. The van der Waals surface area contributed by atoms with Crippen molar-refractivity contribution in [2.24, 2.45) is 10.8 Å². The van der Waals surface area contributed by atoms with E-state index in [0.29, 0.717) is 17.6 Å². The maximum atomic E-state index is 13.3. The van der Waals surface area contributed by atoms with Gasteiger partial charge in [0.2, 0.25) is 0 Å². The summed E-state index contributed by atoms with van der Waals surface area (Å²) in [5.74, 6) is -6.34. The zero-order valence-corrected chi connectivity index (χ0v) is 34.7. The summed E-state index contributed by atoms with van der Waals surface area (Å²) in [5.41, 5.74) is -1.15. The number of fused-ring (bicyclic) bond motifs is 6. The molecule has 3 fully saturated rings. The van der Waals surface area contributed by atoms with Gasteiger partial charge in [-0.25, -0.2) is 9.59 Å². The predicted octanol–water partition coefficient (Wildman–Crippen LogP) is 4.02. The van der Waals surface area contributed by atoms with Gasteiger partial charge in [-0.1, -0.05) is 64.3 Å². The van der Waals surface area contributed by atoms with Crippen LogP contribution < -0.4 is 0 Å². The van der Waals surface area contributed by atoms with Gasteiger partial charge >= 0.3 is 23.9 Å². The summed E-state index contributed by atoms with van der Waals surface area (Å²) < 4.78 is 40.8. The molecule has 0 spiro atoms. The zero-order chi connectivity index (χ0) is 42.3. The Morgan fingerprint density at radius 2 is 1.53 bits per heavy atom. The highest BCUT2D eigenvalue weighted by Crippen LogP contribution is 2.50. The Hall–Kier alpha value is -3.18. The van der Waals surface area contributed by atoms with Gasteiger partial charge in [0.05, 0.1) is 62.7 Å². The molecular formula is C42H64O15. The predicted molar refractivity (Wildman–Crippen MR) is 204 cm³/mol. The number of hydrogen-bond donors (Lipinski definition) is 4. The molecule has 0 aromatic rings. The number of unbranched alkanes of at least 4 members (excludes halogenated alkanes) is 1. The van der Waals surface area contributed by atoms with Crippen molar-refractivity contribution in [2.45, 2.75) is 179 Å². The first-order valence-electron chi connectivity index (χ1n) is 20.1. The van der Waals surface area contributed by atoms with Gasteiger partial charge in [0, 0.05) is 56.1 Å². The second-order valence-corrected chi connectivity index (χ2v) is 17.2. The number of ether oxygens (including phenoxy) is 7. The third-order valence-corrected chi connectivity index (χ3v) is 11.8. The molecule has 0 saturated carbocycles. The molecule has 15 nitrogen and oxygen atoms in total. The second kappa shape index (κ2) is 19.3. The third-order valence-electron chi connectivity index (χ3n) is 11.8. The van der Waals surface area contributed by atoms with Crippen LogP contribution >= 0.6 is 0 Å². The SMILES string of the molecule is CCCCC(=O)O[C@H]1C[C@H]2C[C@@H](O)CC(=O)O[C@@H]([C@@H](C)O)C[C@@H]3C/C(=C\C(=O)OC)C[C@@](O)(O3)C(C)(C)/C=C/[C@H]3C/C(=C\C(=O)OC)C[C@@H](C[C@](O)(O2)C1(C)C)O3. The Morgan fingerprint density at radius 3 is 2.16 bits per heavy atom. The maximum absolute atomic E-state index is 13.3. The minimum absolute atomic E-state index is 0.0614. The summed E-state index contributed by atoms with van der Waals surface area (Å²) in [7, 11) is 2.52. The van der Waals surface area contributed by atoms with Crippen LogP contribution in [-0.2, 0) is 52.3 Å². The molecule has 4 rings (SSSR count). The molecule has 4 heterocycles. The van der Waals surface area contributed by atoms with E-state index in [1.165, 1.54) is 33.3 Å². The molecule has 0 amide bonds. The maximum Gasteiger partial charge on any atom is 0.330 e. The Morgan fingerprint density at radius 1 is 0.895 bits per heavy atom. The molecule has 15 heteroatoms. The smallest absolute Gasteiger partial charge is 0.330 e. The lowest BCUT2D eigenvalue weighted by atomic mass is 9.70. The van der Waals surface area contributed by atoms with Gasteiger partial charge in [-0.15, -0.1) is 0 Å². The van der Waals surface area contributed by atoms with Crippen molar-refractivity contribution in [1.82, 2.24) is 0 Å². The number of carbonyl (C=O) groups is 4. The molecule has 3 saturated heterocycles. The van der Waals surface area contributed by atoms with Crippen molar-refractivity contribution >= 4 is 23.9 Å². The number of methoxy groups -OCH3 is 2. The zero-order valence-electron chi connectivity index (χ0n) is 34.7. The topological polar surface area (TPSA) is 214 Å². The van der Waals surface area contributed by atoms with Crippen molar-refractivity contribution < 1.29 is 72.8 Å². The highest BCUT2D eigenvalue weighted by molar-refractivity contribution is 5.83. The summed E-state index contributed by atoms with van der Waals surface area (Å²) >= 11 is 0. The number of esters is 4. The fourth-order valence-corrected chi connectivity index (χ4v) is 8.07. The largest absolute Gasteiger partial charge is 0.466 e. The van der Waals surface area contributed by atoms with Crippen LogP contribution in [0.4, 0.5) is 0 Å². The fourth-order valence-electron chi connectivity index (χ4n) is 8.07. The molecular weight excluding hydrogens is 744 g/mol. The van der Waals surface area contributed by atoms with Crippen molar-refractivity contribution in [3.8, 4) is 0 Å². The first-order valence-corrected chi connectivity index (χ1v) is 20.1. The van der Waals surface area contributed by atoms with E-state index < -0.39 is 102 Å². The van der Waals surface area contributed by atoms with Crippen molar-refractivity contribution in [3.63, 3.8) is 0 Å². The Bertz CT molecular complexity index is 1530. The van der Waals surface area contributed by atoms with Crippen LogP contribution in [-0.4, -0.2) is 119 Å². The monoisotopic (exact) mass is 808 g/mol. The summed E-state index contributed by atoms with van der Waals surface area (Å²) in [5, 5.41) is 46.7. The number of aliphatic hydroxyl groups excluding tert-OH is 2. The number of cyclic esters (lactones) is 1. The molecule has 4 N–H and O–H groups in total. The molecule has 0 unspecified atom stereocenters. The van der Waals surface area contributed by atoms with Crippen molar-refractivity contribution in [3.05, 3.63) is 35.5 Å². The van der Waals surface area contributed by atoms with E-state index in [9.17, 15) is 39.6 Å². The standard InChI is InChI=1S/C42H64O15/c1-9-10-11-35(45)55-34-22-31-19-28(44)20-38(48)54-33(25(2)43)21-30-16-27(18-37(47)52-8)23-41(49,56-30)39(3,4)13-12-29-14-26(17-36(46)51-7)15-32(53-29)24-42(50,57-31)40(34,5)6/h12-13,17-18,25,28-34,43-44,49-50H,9-11,14-16,19-24H2,1-8H3/b13-12+,26-17+,27-18+/t25-,28-,29+,30+,31-,32+,33-,34+,41-,42+/m1/s1. The summed E-state index contributed by atoms with van der Waals surface area (Å²) in [6.45, 7) is 10.4. The minimum Gasteiger partial charge on any atom is -0.466 e. The van der Waals surface area contributed by atoms with E-state index >= 15 is 0 Å². The lowest BCUT2D eigenvalue weighted by molar-refractivity contribution is -0.348. The number of carbonyl (C=O) groups excluding carboxylic acids is 4. The number of aliphatic hydroxyl groups is 4.